The van der Waals surface area contributed by atoms with Crippen molar-refractivity contribution in [3.63, 3.8) is 0 Å². The first kappa shape index (κ1) is 17.2. The molecule has 0 aliphatic carbocycles. The van der Waals surface area contributed by atoms with Gasteiger partial charge in [0.25, 0.3) is 5.91 Å². The maximum Gasteiger partial charge on any atom is 0.289 e. The number of H-pyrrole nitrogens is 1. The molecule has 3 aromatic rings. The predicted molar refractivity (Wildman–Crippen MR) is 101 cm³/mol. The van der Waals surface area contributed by atoms with E-state index in [1.165, 1.54) is 6.21 Å². The summed E-state index contributed by atoms with van der Waals surface area (Å²) in [7, 11) is 3.54. The number of ether oxygens (including phenoxy) is 1. The molecule has 0 bridgehead atoms. The normalized spacial score (nSPS) is 11.3. The number of aromatic nitrogens is 3. The highest BCUT2D eigenvalue weighted by atomic mass is 16.5. The van der Waals surface area contributed by atoms with Crippen LogP contribution >= 0.6 is 0 Å². The fraction of sp³-hybridized carbons (Fsp3) is 0.105. The molecule has 0 saturated heterocycles. The lowest BCUT2D eigenvalue weighted by molar-refractivity contribution is 0.0950. The number of amides is 1. The van der Waals surface area contributed by atoms with Crippen molar-refractivity contribution in [3.8, 4) is 17.1 Å². The molecule has 0 radical (unpaired) electrons. The molecule has 0 fully saturated rings. The number of nitrogens with one attached hydrogen (secondary N) is 2. The molecular weight excluding hydrogens is 330 g/mol. The Morgan fingerprint density at radius 1 is 1.31 bits per heavy atom. The van der Waals surface area contributed by atoms with Crippen LogP contribution in [0.25, 0.3) is 17.5 Å². The molecule has 2 N–H and O–H groups in total. The number of aromatic amines is 1. The highest BCUT2D eigenvalue weighted by Gasteiger charge is 2.11. The summed E-state index contributed by atoms with van der Waals surface area (Å²) >= 11 is 0. The van der Waals surface area contributed by atoms with Gasteiger partial charge in [-0.2, -0.15) is 10.2 Å². The number of nitrogens with zero attached hydrogens (tertiary/aromatic N) is 3. The van der Waals surface area contributed by atoms with Gasteiger partial charge in [-0.1, -0.05) is 18.2 Å². The van der Waals surface area contributed by atoms with Crippen LogP contribution in [0.1, 0.15) is 16.1 Å². The monoisotopic (exact) mass is 349 g/mol. The van der Waals surface area contributed by atoms with Gasteiger partial charge in [0, 0.05) is 25.0 Å². The molecule has 0 spiro atoms. The van der Waals surface area contributed by atoms with E-state index in [9.17, 15) is 4.79 Å². The fourth-order valence-electron chi connectivity index (χ4n) is 2.45. The van der Waals surface area contributed by atoms with Crippen molar-refractivity contribution in [1.82, 2.24) is 20.2 Å². The molecule has 2 aromatic heterocycles. The topological polar surface area (TPSA) is 84.3 Å². The zero-order valence-corrected chi connectivity index (χ0v) is 14.5. The van der Waals surface area contributed by atoms with E-state index in [1.54, 1.807) is 19.3 Å². The zero-order chi connectivity index (χ0) is 18.4. The standard InChI is InChI=1S/C19H19N5O2/c1-24-12-6-9-17(24)15-13-16(22-21-15)19(25)23-20-11-5-8-14-7-3-4-10-18(14)26-2/h3-13H,1-2H3,(H,21,22)(H,23,25)/b8-5+,20-11-. The number of para-hydroxylation sites is 1. The Morgan fingerprint density at radius 3 is 2.92 bits per heavy atom. The lowest BCUT2D eigenvalue weighted by Gasteiger charge is -2.02. The van der Waals surface area contributed by atoms with Gasteiger partial charge >= 0.3 is 0 Å². The lowest BCUT2D eigenvalue weighted by atomic mass is 10.2. The van der Waals surface area contributed by atoms with Crippen LogP contribution in [0, 0.1) is 0 Å². The van der Waals surface area contributed by atoms with Crippen molar-refractivity contribution in [3.05, 3.63) is 66.0 Å². The van der Waals surface area contributed by atoms with Gasteiger partial charge in [0.2, 0.25) is 0 Å². The van der Waals surface area contributed by atoms with E-state index in [-0.39, 0.29) is 5.91 Å². The van der Waals surface area contributed by atoms with E-state index >= 15 is 0 Å². The van der Waals surface area contributed by atoms with Gasteiger partial charge in [0.15, 0.2) is 0 Å². The Balaban J connectivity index is 1.59. The molecule has 1 aromatic carbocycles. The van der Waals surface area contributed by atoms with Crippen LogP contribution in [0.4, 0.5) is 0 Å². The molecule has 3 rings (SSSR count). The molecule has 1 amide bonds. The summed E-state index contributed by atoms with van der Waals surface area (Å²) in [6.07, 6.45) is 6.99. The molecule has 132 valence electrons. The molecule has 7 heteroatoms. The average molecular weight is 349 g/mol. The molecule has 0 saturated carbocycles. The molecule has 0 aliphatic heterocycles. The fourth-order valence-corrected chi connectivity index (χ4v) is 2.45. The van der Waals surface area contributed by atoms with Crippen LogP contribution in [0.2, 0.25) is 0 Å². The van der Waals surface area contributed by atoms with E-state index in [0.29, 0.717) is 11.4 Å². The van der Waals surface area contributed by atoms with Crippen molar-refractivity contribution in [2.45, 2.75) is 0 Å². The first-order valence-corrected chi connectivity index (χ1v) is 7.99. The second-order valence-electron chi connectivity index (χ2n) is 5.49. The minimum absolute atomic E-state index is 0.340. The molecule has 2 heterocycles. The molecule has 26 heavy (non-hydrogen) atoms. The van der Waals surface area contributed by atoms with Gasteiger partial charge in [-0.15, -0.1) is 0 Å². The van der Waals surface area contributed by atoms with Crippen LogP contribution in [0.15, 0.2) is 59.8 Å². The molecule has 0 aliphatic rings. The zero-order valence-electron chi connectivity index (χ0n) is 14.5. The van der Waals surface area contributed by atoms with E-state index in [1.807, 2.05) is 60.3 Å². The summed E-state index contributed by atoms with van der Waals surface area (Å²) in [6, 6.07) is 13.2. The van der Waals surface area contributed by atoms with E-state index in [4.69, 9.17) is 4.74 Å². The number of allylic oxidation sites excluding steroid dienone is 1. The van der Waals surface area contributed by atoms with Crippen molar-refractivity contribution >= 4 is 18.2 Å². The van der Waals surface area contributed by atoms with Gasteiger partial charge in [-0.3, -0.25) is 9.89 Å². The Kier molecular flexibility index (Phi) is 5.28. The number of carbonyl (C=O) groups is 1. The number of hydrazone groups is 1. The number of hydrogen-bond donors (Lipinski definition) is 2. The van der Waals surface area contributed by atoms with Crippen molar-refractivity contribution in [2.24, 2.45) is 12.1 Å². The van der Waals surface area contributed by atoms with Crippen LogP contribution < -0.4 is 10.2 Å². The summed E-state index contributed by atoms with van der Waals surface area (Å²) in [5, 5.41) is 10.8. The number of methoxy groups -OCH3 is 1. The third-order valence-electron chi connectivity index (χ3n) is 3.77. The van der Waals surface area contributed by atoms with E-state index in [2.05, 4.69) is 20.7 Å². The van der Waals surface area contributed by atoms with Crippen molar-refractivity contribution in [2.75, 3.05) is 7.11 Å². The number of carbonyl (C=O) groups excluding carboxylic acids is 1. The molecule has 0 unspecified atom stereocenters. The third kappa shape index (κ3) is 3.89. The Morgan fingerprint density at radius 2 is 2.15 bits per heavy atom. The van der Waals surface area contributed by atoms with Crippen LogP contribution in [0.3, 0.4) is 0 Å². The van der Waals surface area contributed by atoms with Crippen molar-refractivity contribution in [1.29, 1.82) is 0 Å². The van der Waals surface area contributed by atoms with Gasteiger partial charge in [0.1, 0.15) is 17.1 Å². The summed E-state index contributed by atoms with van der Waals surface area (Å²) in [5.74, 6) is 0.409. The first-order valence-electron chi connectivity index (χ1n) is 7.99. The van der Waals surface area contributed by atoms with Gasteiger partial charge in [-0.25, -0.2) is 5.43 Å². The predicted octanol–water partition coefficient (Wildman–Crippen LogP) is 2.85. The Labute approximate surface area is 151 Å². The molecule has 7 nitrogen and oxygen atoms in total. The lowest BCUT2D eigenvalue weighted by Crippen LogP contribution is -2.17. The maximum absolute atomic E-state index is 12.1. The Bertz CT molecular complexity index is 952. The van der Waals surface area contributed by atoms with Gasteiger partial charge in [0.05, 0.1) is 12.8 Å². The molecule has 0 atom stereocenters. The maximum atomic E-state index is 12.1. The minimum atomic E-state index is -0.361. The Hall–Kier alpha value is -3.61. The van der Waals surface area contributed by atoms with Crippen LogP contribution in [-0.4, -0.2) is 34.0 Å². The van der Waals surface area contributed by atoms with E-state index < -0.39 is 0 Å². The second-order valence-corrected chi connectivity index (χ2v) is 5.49. The average Bonchev–Trinajstić information content (AvgIpc) is 3.30. The summed E-state index contributed by atoms with van der Waals surface area (Å²) in [5.41, 5.74) is 5.34. The second kappa shape index (κ2) is 7.98. The highest BCUT2D eigenvalue weighted by molar-refractivity contribution is 5.93. The van der Waals surface area contributed by atoms with Crippen LogP contribution in [0.5, 0.6) is 5.75 Å². The van der Waals surface area contributed by atoms with Gasteiger partial charge in [-0.05, 0) is 36.4 Å². The summed E-state index contributed by atoms with van der Waals surface area (Å²) in [4.78, 5) is 12.1. The number of benzene rings is 1. The highest BCUT2D eigenvalue weighted by Crippen LogP contribution is 2.18. The molecular formula is C19H19N5O2. The SMILES string of the molecule is COc1ccccc1/C=C/C=N\NC(=O)c1cc(-c2cccn2C)n[nH]1. The summed E-state index contributed by atoms with van der Waals surface area (Å²) in [6.45, 7) is 0. The van der Waals surface area contributed by atoms with Gasteiger partial charge < -0.3 is 9.30 Å². The first-order chi connectivity index (χ1) is 12.7. The quantitative estimate of drug-likeness (QED) is 0.530. The van der Waals surface area contributed by atoms with Crippen molar-refractivity contribution < 1.29 is 9.53 Å². The van der Waals surface area contributed by atoms with Crippen LogP contribution in [-0.2, 0) is 7.05 Å². The minimum Gasteiger partial charge on any atom is -0.496 e. The smallest absolute Gasteiger partial charge is 0.289 e. The van der Waals surface area contributed by atoms with E-state index in [0.717, 1.165) is 17.0 Å². The number of hydrogen-bond acceptors (Lipinski definition) is 4. The third-order valence-corrected chi connectivity index (χ3v) is 3.77. The summed E-state index contributed by atoms with van der Waals surface area (Å²) < 4.78 is 7.19. The number of rotatable bonds is 6. The number of aryl methyl sites for hydroxylation is 1. The largest absolute Gasteiger partial charge is 0.496 e.